The van der Waals surface area contributed by atoms with Crippen LogP contribution in [-0.4, -0.2) is 12.1 Å². The molecule has 130 valence electrons. The standard InChI is InChI=1S/C22H31NS/c1-7-22(19-12-9-13-24-19)14-21(5,6)23(15-22)20-17(4)10-8-11-18(20)16(2)3/h8-13,16H,7,14-15H2,1-6H3. The van der Waals surface area contributed by atoms with Crippen LogP contribution in [-0.2, 0) is 5.41 Å². The Kier molecular flexibility index (Phi) is 4.55. The molecule has 0 radical (unpaired) electrons. The Morgan fingerprint density at radius 1 is 1.17 bits per heavy atom. The molecule has 1 saturated heterocycles. The number of anilines is 1. The van der Waals surface area contributed by atoms with E-state index >= 15 is 0 Å². The molecule has 1 nitrogen and oxygen atoms in total. The number of para-hydroxylation sites is 1. The van der Waals surface area contributed by atoms with Crippen LogP contribution in [0.2, 0.25) is 0 Å². The highest BCUT2D eigenvalue weighted by Gasteiger charge is 2.49. The quantitative estimate of drug-likeness (QED) is 0.612. The molecule has 1 aliphatic rings. The Balaban J connectivity index is 2.10. The van der Waals surface area contributed by atoms with Crippen molar-refractivity contribution < 1.29 is 0 Å². The smallest absolute Gasteiger partial charge is 0.0435 e. The Morgan fingerprint density at radius 2 is 1.92 bits per heavy atom. The topological polar surface area (TPSA) is 3.24 Å². The molecule has 2 heteroatoms. The molecule has 1 atom stereocenters. The Hall–Kier alpha value is -1.28. The van der Waals surface area contributed by atoms with Crippen molar-refractivity contribution in [3.8, 4) is 0 Å². The zero-order valence-electron chi connectivity index (χ0n) is 16.0. The molecule has 0 aliphatic carbocycles. The van der Waals surface area contributed by atoms with Gasteiger partial charge in [0.1, 0.15) is 0 Å². The van der Waals surface area contributed by atoms with E-state index in [4.69, 9.17) is 0 Å². The van der Waals surface area contributed by atoms with Crippen molar-refractivity contribution in [1.82, 2.24) is 0 Å². The molecule has 0 bridgehead atoms. The SMILES string of the molecule is CCC1(c2cccs2)CN(c2c(C)cccc2C(C)C)C(C)(C)C1. The van der Waals surface area contributed by atoms with Crippen LogP contribution in [0.3, 0.4) is 0 Å². The van der Waals surface area contributed by atoms with E-state index in [-0.39, 0.29) is 11.0 Å². The number of hydrogen-bond acceptors (Lipinski definition) is 2. The average Bonchev–Trinajstić information content (AvgIpc) is 3.14. The van der Waals surface area contributed by atoms with Gasteiger partial charge in [0.2, 0.25) is 0 Å². The van der Waals surface area contributed by atoms with Crippen LogP contribution in [0.25, 0.3) is 0 Å². The second-order valence-electron chi connectivity index (χ2n) is 8.35. The molecule has 0 N–H and O–H groups in total. The van der Waals surface area contributed by atoms with E-state index in [0.717, 1.165) is 6.54 Å². The van der Waals surface area contributed by atoms with Crippen molar-refractivity contribution in [2.45, 2.75) is 71.3 Å². The van der Waals surface area contributed by atoms with Gasteiger partial charge in [-0.1, -0.05) is 45.0 Å². The van der Waals surface area contributed by atoms with E-state index < -0.39 is 0 Å². The highest BCUT2D eigenvalue weighted by atomic mass is 32.1. The Morgan fingerprint density at radius 3 is 2.50 bits per heavy atom. The van der Waals surface area contributed by atoms with Gasteiger partial charge < -0.3 is 4.90 Å². The minimum absolute atomic E-state index is 0.176. The molecule has 1 unspecified atom stereocenters. The van der Waals surface area contributed by atoms with Crippen LogP contribution >= 0.6 is 11.3 Å². The van der Waals surface area contributed by atoms with Crippen molar-refractivity contribution in [1.29, 1.82) is 0 Å². The zero-order chi connectivity index (χ0) is 17.5. The molecular weight excluding hydrogens is 310 g/mol. The highest BCUT2D eigenvalue weighted by Crippen LogP contribution is 2.50. The number of benzene rings is 1. The second kappa shape index (κ2) is 6.22. The van der Waals surface area contributed by atoms with Crippen molar-refractivity contribution in [2.75, 3.05) is 11.4 Å². The molecule has 0 spiro atoms. The third-order valence-electron chi connectivity index (χ3n) is 5.84. The first-order chi connectivity index (χ1) is 11.3. The van der Waals surface area contributed by atoms with Gasteiger partial charge in [0, 0.05) is 28.1 Å². The average molecular weight is 342 g/mol. The summed E-state index contributed by atoms with van der Waals surface area (Å²) in [6.07, 6.45) is 2.43. The maximum Gasteiger partial charge on any atom is 0.0435 e. The molecule has 1 aromatic heterocycles. The fourth-order valence-electron chi connectivity index (χ4n) is 4.55. The number of hydrogen-bond donors (Lipinski definition) is 0. The summed E-state index contributed by atoms with van der Waals surface area (Å²) in [6, 6.07) is 11.4. The fraction of sp³-hybridized carbons (Fsp3) is 0.545. The first-order valence-corrected chi connectivity index (χ1v) is 10.1. The van der Waals surface area contributed by atoms with Crippen molar-refractivity contribution in [3.63, 3.8) is 0 Å². The van der Waals surface area contributed by atoms with Gasteiger partial charge in [0.15, 0.2) is 0 Å². The maximum atomic E-state index is 2.71. The van der Waals surface area contributed by atoms with E-state index in [0.29, 0.717) is 5.92 Å². The summed E-state index contributed by atoms with van der Waals surface area (Å²) in [5, 5.41) is 2.23. The number of rotatable bonds is 4. The number of aryl methyl sites for hydroxylation is 1. The van der Waals surface area contributed by atoms with Crippen LogP contribution in [0.15, 0.2) is 35.7 Å². The largest absolute Gasteiger partial charge is 0.365 e. The number of nitrogens with zero attached hydrogens (tertiary/aromatic N) is 1. The van der Waals surface area contributed by atoms with Gasteiger partial charge in [-0.2, -0.15) is 0 Å². The summed E-state index contributed by atoms with van der Waals surface area (Å²) < 4.78 is 0. The van der Waals surface area contributed by atoms with Crippen LogP contribution in [0.5, 0.6) is 0 Å². The summed E-state index contributed by atoms with van der Waals surface area (Å²) in [5.41, 5.74) is 4.84. The summed E-state index contributed by atoms with van der Waals surface area (Å²) in [7, 11) is 0. The van der Waals surface area contributed by atoms with Gasteiger partial charge in [-0.05, 0) is 62.1 Å². The van der Waals surface area contributed by atoms with E-state index in [9.17, 15) is 0 Å². The summed E-state index contributed by atoms with van der Waals surface area (Å²) in [4.78, 5) is 4.27. The predicted octanol–water partition coefficient (Wildman–Crippen LogP) is 6.52. The molecule has 1 fully saturated rings. The Labute approximate surface area is 151 Å². The van der Waals surface area contributed by atoms with Crippen molar-refractivity contribution in [2.24, 2.45) is 0 Å². The van der Waals surface area contributed by atoms with E-state index in [1.807, 2.05) is 11.3 Å². The van der Waals surface area contributed by atoms with Gasteiger partial charge in [-0.3, -0.25) is 0 Å². The summed E-state index contributed by atoms with van der Waals surface area (Å²) >= 11 is 1.93. The Bertz CT molecular complexity index is 699. The van der Waals surface area contributed by atoms with Gasteiger partial charge in [-0.15, -0.1) is 11.3 Å². The van der Waals surface area contributed by atoms with Gasteiger partial charge in [0.05, 0.1) is 0 Å². The first-order valence-electron chi connectivity index (χ1n) is 9.22. The molecule has 1 aromatic carbocycles. The lowest BCUT2D eigenvalue weighted by molar-refractivity contribution is 0.411. The minimum atomic E-state index is 0.176. The molecule has 24 heavy (non-hydrogen) atoms. The molecule has 0 amide bonds. The van der Waals surface area contributed by atoms with E-state index in [1.54, 1.807) is 4.88 Å². The second-order valence-corrected chi connectivity index (χ2v) is 9.30. The van der Waals surface area contributed by atoms with Gasteiger partial charge >= 0.3 is 0 Å². The van der Waals surface area contributed by atoms with Crippen LogP contribution in [0.4, 0.5) is 5.69 Å². The number of thiophene rings is 1. The molecule has 1 aliphatic heterocycles. The van der Waals surface area contributed by atoms with Crippen LogP contribution < -0.4 is 4.90 Å². The first kappa shape index (κ1) is 17.5. The minimum Gasteiger partial charge on any atom is -0.365 e. The monoisotopic (exact) mass is 341 g/mol. The summed E-state index contributed by atoms with van der Waals surface area (Å²) in [6.45, 7) is 15.2. The molecule has 0 saturated carbocycles. The van der Waals surface area contributed by atoms with Crippen molar-refractivity contribution in [3.05, 3.63) is 51.7 Å². The highest BCUT2D eigenvalue weighted by molar-refractivity contribution is 7.10. The van der Waals surface area contributed by atoms with Gasteiger partial charge in [-0.25, -0.2) is 0 Å². The fourth-order valence-corrected chi connectivity index (χ4v) is 5.54. The lowest BCUT2D eigenvalue weighted by Gasteiger charge is -2.37. The van der Waals surface area contributed by atoms with Crippen LogP contribution in [0.1, 0.15) is 69.4 Å². The third kappa shape index (κ3) is 2.79. The summed E-state index contributed by atoms with van der Waals surface area (Å²) in [5.74, 6) is 0.550. The lowest BCUT2D eigenvalue weighted by atomic mass is 9.78. The molecule has 2 heterocycles. The zero-order valence-corrected chi connectivity index (χ0v) is 16.8. The normalized spacial score (nSPS) is 23.2. The lowest BCUT2D eigenvalue weighted by Crippen LogP contribution is -2.39. The molecule has 2 aromatic rings. The maximum absolute atomic E-state index is 2.71. The van der Waals surface area contributed by atoms with E-state index in [2.05, 4.69) is 82.2 Å². The molecular formula is C22H31NS. The predicted molar refractivity (Wildman–Crippen MR) is 108 cm³/mol. The van der Waals surface area contributed by atoms with Crippen LogP contribution in [0, 0.1) is 6.92 Å². The third-order valence-corrected chi connectivity index (χ3v) is 6.96. The van der Waals surface area contributed by atoms with E-state index in [1.165, 1.54) is 29.7 Å². The van der Waals surface area contributed by atoms with Gasteiger partial charge in [0.25, 0.3) is 0 Å². The molecule has 3 rings (SSSR count). The van der Waals surface area contributed by atoms with Crippen molar-refractivity contribution >= 4 is 17.0 Å².